The van der Waals surface area contributed by atoms with Crippen LogP contribution < -0.4 is 0 Å². The number of hydrogen-bond donors (Lipinski definition) is 0. The first-order valence-corrected chi connectivity index (χ1v) is 6.07. The van der Waals surface area contributed by atoms with Crippen molar-refractivity contribution in [1.29, 1.82) is 0 Å². The average Bonchev–Trinajstić information content (AvgIpc) is 2.12. The summed E-state index contributed by atoms with van der Waals surface area (Å²) >= 11 is 13.2. The molecule has 0 atom stereocenters. The summed E-state index contributed by atoms with van der Waals surface area (Å²) in [6.45, 7) is 3.83. The van der Waals surface area contributed by atoms with Crippen molar-refractivity contribution in [2.75, 3.05) is 6.26 Å². The number of halogens is 3. The van der Waals surface area contributed by atoms with E-state index in [0.717, 1.165) is 0 Å². The molecule has 1 aromatic carbocycles. The molecule has 0 aliphatic heterocycles. The van der Waals surface area contributed by atoms with Crippen LogP contribution in [0.15, 0.2) is 12.1 Å². The predicted octanol–water partition coefficient (Wildman–Crippen LogP) is 4.73. The lowest BCUT2D eigenvalue weighted by atomic mass is 10.0. The predicted molar refractivity (Wildman–Crippen MR) is 63.0 cm³/mol. The standard InChI is InChI=1S/C10H11Cl2FS/c1-10(2,14-3)8-6(11)4-5-7(12)9(8)13/h4-5H,1-3H3. The first-order valence-electron chi connectivity index (χ1n) is 4.09. The van der Waals surface area contributed by atoms with Crippen molar-refractivity contribution in [3.8, 4) is 0 Å². The minimum atomic E-state index is -0.418. The minimum Gasteiger partial charge on any atom is -0.205 e. The van der Waals surface area contributed by atoms with Gasteiger partial charge in [0.2, 0.25) is 0 Å². The lowest BCUT2D eigenvalue weighted by Gasteiger charge is -2.24. The molecule has 0 amide bonds. The van der Waals surface area contributed by atoms with Crippen LogP contribution in [0.4, 0.5) is 4.39 Å². The van der Waals surface area contributed by atoms with Crippen LogP contribution in [0.1, 0.15) is 19.4 Å². The van der Waals surface area contributed by atoms with E-state index in [1.54, 1.807) is 6.07 Å². The van der Waals surface area contributed by atoms with E-state index in [0.29, 0.717) is 10.6 Å². The summed E-state index contributed by atoms with van der Waals surface area (Å²) in [7, 11) is 0. The molecular formula is C10H11Cl2FS. The molecule has 0 unspecified atom stereocenters. The van der Waals surface area contributed by atoms with Gasteiger partial charge < -0.3 is 0 Å². The summed E-state index contributed by atoms with van der Waals surface area (Å²) in [5.41, 5.74) is 0.471. The van der Waals surface area contributed by atoms with Crippen molar-refractivity contribution in [2.45, 2.75) is 18.6 Å². The van der Waals surface area contributed by atoms with E-state index in [1.807, 2.05) is 20.1 Å². The van der Waals surface area contributed by atoms with Crippen molar-refractivity contribution in [3.05, 3.63) is 33.6 Å². The van der Waals surface area contributed by atoms with Gasteiger partial charge in [0.25, 0.3) is 0 Å². The Hall–Kier alpha value is 0.0800. The zero-order valence-electron chi connectivity index (χ0n) is 8.20. The topological polar surface area (TPSA) is 0 Å². The Morgan fingerprint density at radius 2 is 1.71 bits per heavy atom. The van der Waals surface area contributed by atoms with Crippen LogP contribution in [0.2, 0.25) is 10.0 Å². The van der Waals surface area contributed by atoms with Crippen molar-refractivity contribution < 1.29 is 4.39 Å². The van der Waals surface area contributed by atoms with E-state index in [1.165, 1.54) is 17.8 Å². The molecule has 1 aromatic rings. The second kappa shape index (κ2) is 4.30. The number of rotatable bonds is 2. The van der Waals surface area contributed by atoms with E-state index in [2.05, 4.69) is 0 Å². The summed E-state index contributed by atoms with van der Waals surface area (Å²) in [5.74, 6) is -0.418. The smallest absolute Gasteiger partial charge is 0.147 e. The minimum absolute atomic E-state index is 0.117. The molecule has 0 fully saturated rings. The molecule has 0 aliphatic carbocycles. The van der Waals surface area contributed by atoms with Gasteiger partial charge in [-0.05, 0) is 32.2 Å². The number of benzene rings is 1. The molecule has 0 saturated heterocycles. The van der Waals surface area contributed by atoms with Crippen LogP contribution in [0.5, 0.6) is 0 Å². The molecule has 0 spiro atoms. The van der Waals surface area contributed by atoms with Crippen LogP contribution in [-0.2, 0) is 4.75 Å². The fourth-order valence-corrected chi connectivity index (χ4v) is 2.18. The van der Waals surface area contributed by atoms with Crippen LogP contribution in [0.3, 0.4) is 0 Å². The quantitative estimate of drug-likeness (QED) is 0.686. The molecular weight excluding hydrogens is 242 g/mol. The van der Waals surface area contributed by atoms with Gasteiger partial charge in [0, 0.05) is 15.3 Å². The van der Waals surface area contributed by atoms with E-state index >= 15 is 0 Å². The number of hydrogen-bond acceptors (Lipinski definition) is 1. The second-order valence-electron chi connectivity index (χ2n) is 3.43. The average molecular weight is 253 g/mol. The molecule has 0 aromatic heterocycles. The summed E-state index contributed by atoms with van der Waals surface area (Å²) in [6, 6.07) is 3.10. The van der Waals surface area contributed by atoms with Crippen molar-refractivity contribution in [3.63, 3.8) is 0 Å². The summed E-state index contributed by atoms with van der Waals surface area (Å²) in [4.78, 5) is 0. The Kier molecular flexibility index (Phi) is 3.73. The van der Waals surface area contributed by atoms with E-state index < -0.39 is 5.82 Å². The Balaban J connectivity index is 3.40. The summed E-state index contributed by atoms with van der Waals surface area (Å²) in [6.07, 6.45) is 1.91. The summed E-state index contributed by atoms with van der Waals surface area (Å²) < 4.78 is 13.3. The van der Waals surface area contributed by atoms with Gasteiger partial charge in [-0.15, -0.1) is 0 Å². The normalized spacial score (nSPS) is 11.9. The van der Waals surface area contributed by atoms with Crippen LogP contribution in [0.25, 0.3) is 0 Å². The molecule has 0 radical (unpaired) electrons. The van der Waals surface area contributed by atoms with Gasteiger partial charge in [0.1, 0.15) is 5.82 Å². The Labute approximate surface area is 97.8 Å². The maximum Gasteiger partial charge on any atom is 0.147 e. The molecule has 0 heterocycles. The largest absolute Gasteiger partial charge is 0.205 e. The third-order valence-electron chi connectivity index (χ3n) is 2.16. The van der Waals surface area contributed by atoms with Gasteiger partial charge in [0.05, 0.1) is 5.02 Å². The lowest BCUT2D eigenvalue weighted by molar-refractivity contribution is 0.588. The zero-order chi connectivity index (χ0) is 10.9. The molecule has 14 heavy (non-hydrogen) atoms. The van der Waals surface area contributed by atoms with Gasteiger partial charge in [0.15, 0.2) is 0 Å². The fourth-order valence-electron chi connectivity index (χ4n) is 1.18. The molecule has 0 saturated carbocycles. The van der Waals surface area contributed by atoms with Crippen LogP contribution in [-0.4, -0.2) is 6.26 Å². The van der Waals surface area contributed by atoms with Crippen molar-refractivity contribution in [2.24, 2.45) is 0 Å². The van der Waals surface area contributed by atoms with Crippen LogP contribution in [0, 0.1) is 5.82 Å². The molecule has 0 bridgehead atoms. The molecule has 0 N–H and O–H groups in total. The van der Waals surface area contributed by atoms with Crippen LogP contribution >= 0.6 is 35.0 Å². The first-order chi connectivity index (χ1) is 6.40. The molecule has 1 rings (SSSR count). The zero-order valence-corrected chi connectivity index (χ0v) is 10.5. The highest BCUT2D eigenvalue weighted by molar-refractivity contribution is 7.99. The fraction of sp³-hybridized carbons (Fsp3) is 0.400. The highest BCUT2D eigenvalue weighted by Crippen LogP contribution is 2.41. The lowest BCUT2D eigenvalue weighted by Crippen LogP contribution is -2.14. The maximum atomic E-state index is 13.7. The van der Waals surface area contributed by atoms with Gasteiger partial charge in [-0.1, -0.05) is 23.2 Å². The van der Waals surface area contributed by atoms with Crippen molar-refractivity contribution in [1.82, 2.24) is 0 Å². The van der Waals surface area contributed by atoms with Crippen molar-refractivity contribution >= 4 is 35.0 Å². The first kappa shape index (κ1) is 12.2. The monoisotopic (exact) mass is 252 g/mol. The third kappa shape index (κ3) is 2.18. The van der Waals surface area contributed by atoms with E-state index in [4.69, 9.17) is 23.2 Å². The maximum absolute atomic E-state index is 13.7. The Morgan fingerprint density at radius 3 is 2.21 bits per heavy atom. The van der Waals surface area contributed by atoms with Gasteiger partial charge in [-0.25, -0.2) is 4.39 Å². The third-order valence-corrected chi connectivity index (χ3v) is 3.99. The molecule has 0 aliphatic rings. The van der Waals surface area contributed by atoms with E-state index in [-0.39, 0.29) is 9.77 Å². The Morgan fingerprint density at radius 1 is 1.21 bits per heavy atom. The highest BCUT2D eigenvalue weighted by Gasteiger charge is 2.27. The molecule has 4 heteroatoms. The SMILES string of the molecule is CSC(C)(C)c1c(Cl)ccc(Cl)c1F. The van der Waals surface area contributed by atoms with Gasteiger partial charge in [-0.3, -0.25) is 0 Å². The molecule has 0 nitrogen and oxygen atoms in total. The second-order valence-corrected chi connectivity index (χ2v) is 5.68. The van der Waals surface area contributed by atoms with Gasteiger partial charge in [-0.2, -0.15) is 11.8 Å². The van der Waals surface area contributed by atoms with E-state index in [9.17, 15) is 4.39 Å². The Bertz CT molecular complexity index is 350. The number of thioether (sulfide) groups is 1. The highest BCUT2D eigenvalue weighted by atomic mass is 35.5. The summed E-state index contributed by atoms with van der Waals surface area (Å²) in [5, 5.41) is 0.540. The molecule has 78 valence electrons. The van der Waals surface area contributed by atoms with Gasteiger partial charge >= 0.3 is 0 Å².